The maximum atomic E-state index is 13.9. The Morgan fingerprint density at radius 3 is 2.68 bits per heavy atom. The van der Waals surface area contributed by atoms with E-state index in [-0.39, 0.29) is 17.7 Å². The molecule has 0 atom stereocenters. The van der Waals surface area contributed by atoms with Crippen molar-refractivity contribution in [1.82, 2.24) is 19.9 Å². The molecule has 28 heavy (non-hydrogen) atoms. The highest BCUT2D eigenvalue weighted by Crippen LogP contribution is 2.23. The van der Waals surface area contributed by atoms with Crippen molar-refractivity contribution in [1.29, 1.82) is 0 Å². The first-order valence-corrected chi connectivity index (χ1v) is 9.36. The van der Waals surface area contributed by atoms with Crippen LogP contribution in [0.1, 0.15) is 5.69 Å². The molecule has 2 aromatic carbocycles. The van der Waals surface area contributed by atoms with Crippen molar-refractivity contribution in [3.8, 4) is 11.4 Å². The van der Waals surface area contributed by atoms with Gasteiger partial charge in [0, 0.05) is 24.0 Å². The molecule has 142 valence electrons. The van der Waals surface area contributed by atoms with Crippen LogP contribution in [0.15, 0.2) is 53.9 Å². The number of thiazole rings is 1. The summed E-state index contributed by atoms with van der Waals surface area (Å²) in [6, 6.07) is 11.5. The smallest absolute Gasteiger partial charge is 0.319 e. The molecule has 0 saturated heterocycles. The number of hydrogen-bond acceptors (Lipinski definition) is 4. The van der Waals surface area contributed by atoms with Crippen LogP contribution >= 0.6 is 11.3 Å². The summed E-state index contributed by atoms with van der Waals surface area (Å²) in [5, 5.41) is 11.7. The number of aromatic nitrogens is 3. The molecule has 2 aromatic heterocycles. The Morgan fingerprint density at radius 1 is 1.11 bits per heavy atom. The Labute approximate surface area is 162 Å². The lowest BCUT2D eigenvalue weighted by Crippen LogP contribution is -2.30. The van der Waals surface area contributed by atoms with E-state index >= 15 is 0 Å². The fourth-order valence-electron chi connectivity index (χ4n) is 2.67. The van der Waals surface area contributed by atoms with Crippen molar-refractivity contribution in [2.75, 3.05) is 11.9 Å². The van der Waals surface area contributed by atoms with E-state index in [0.717, 1.165) is 5.69 Å². The SMILES string of the molecule is O=C(NCCc1csc2nc(-c3ccccc3F)nn12)Nc1ccc(F)cc1. The number of nitrogens with zero attached hydrogens (tertiary/aromatic N) is 3. The molecule has 0 bridgehead atoms. The minimum Gasteiger partial charge on any atom is -0.337 e. The van der Waals surface area contributed by atoms with Gasteiger partial charge in [0.1, 0.15) is 11.6 Å². The van der Waals surface area contributed by atoms with Gasteiger partial charge in [-0.05, 0) is 36.4 Å². The van der Waals surface area contributed by atoms with Crippen LogP contribution in [0.4, 0.5) is 19.3 Å². The van der Waals surface area contributed by atoms with Gasteiger partial charge in [0.25, 0.3) is 0 Å². The summed E-state index contributed by atoms with van der Waals surface area (Å²) in [5.41, 5.74) is 1.71. The number of benzene rings is 2. The average molecular weight is 399 g/mol. The van der Waals surface area contributed by atoms with Crippen molar-refractivity contribution in [3.63, 3.8) is 0 Å². The van der Waals surface area contributed by atoms with Crippen molar-refractivity contribution < 1.29 is 13.6 Å². The van der Waals surface area contributed by atoms with Gasteiger partial charge >= 0.3 is 6.03 Å². The number of hydrogen-bond donors (Lipinski definition) is 2. The van der Waals surface area contributed by atoms with Gasteiger partial charge in [0.2, 0.25) is 4.96 Å². The zero-order valence-corrected chi connectivity index (χ0v) is 15.3. The Bertz CT molecular complexity index is 1120. The Kier molecular flexibility index (Phi) is 4.98. The average Bonchev–Trinajstić information content (AvgIpc) is 3.26. The minimum atomic E-state index is -0.385. The lowest BCUT2D eigenvalue weighted by Gasteiger charge is -2.07. The highest BCUT2D eigenvalue weighted by molar-refractivity contribution is 7.15. The Morgan fingerprint density at radius 2 is 1.89 bits per heavy atom. The molecule has 6 nitrogen and oxygen atoms in total. The number of anilines is 1. The van der Waals surface area contributed by atoms with Crippen molar-refractivity contribution >= 4 is 28.0 Å². The molecule has 0 aliphatic heterocycles. The van der Waals surface area contributed by atoms with Crippen molar-refractivity contribution in [2.24, 2.45) is 0 Å². The quantitative estimate of drug-likeness (QED) is 0.531. The highest BCUT2D eigenvalue weighted by atomic mass is 32.1. The van der Waals surface area contributed by atoms with Crippen LogP contribution in [0.3, 0.4) is 0 Å². The van der Waals surface area contributed by atoms with Crippen LogP contribution in [0.5, 0.6) is 0 Å². The summed E-state index contributed by atoms with van der Waals surface area (Å²) in [4.78, 5) is 17.0. The van der Waals surface area contributed by atoms with Crippen LogP contribution in [-0.4, -0.2) is 27.2 Å². The van der Waals surface area contributed by atoms with Crippen molar-refractivity contribution in [3.05, 3.63) is 71.2 Å². The van der Waals surface area contributed by atoms with Crippen LogP contribution in [0, 0.1) is 11.6 Å². The Hall–Kier alpha value is -3.33. The molecule has 4 aromatic rings. The van der Waals surface area contributed by atoms with Crippen LogP contribution in [-0.2, 0) is 6.42 Å². The second-order valence-electron chi connectivity index (χ2n) is 5.97. The van der Waals surface area contributed by atoms with Gasteiger partial charge in [0.15, 0.2) is 5.82 Å². The molecule has 4 rings (SSSR count). The third-order valence-electron chi connectivity index (χ3n) is 4.03. The molecular formula is C19H15F2N5OS. The molecule has 0 unspecified atom stereocenters. The highest BCUT2D eigenvalue weighted by Gasteiger charge is 2.14. The van der Waals surface area contributed by atoms with E-state index in [4.69, 9.17) is 0 Å². The van der Waals surface area contributed by atoms with E-state index in [1.165, 1.54) is 41.7 Å². The van der Waals surface area contributed by atoms with E-state index in [2.05, 4.69) is 20.7 Å². The number of halogens is 2. The summed E-state index contributed by atoms with van der Waals surface area (Å²) < 4.78 is 28.5. The Balaban J connectivity index is 1.39. The van der Waals surface area contributed by atoms with Gasteiger partial charge in [-0.25, -0.2) is 18.1 Å². The van der Waals surface area contributed by atoms with Crippen LogP contribution in [0.25, 0.3) is 16.3 Å². The molecule has 0 aliphatic rings. The largest absolute Gasteiger partial charge is 0.337 e. The number of nitrogens with one attached hydrogen (secondary N) is 2. The van der Waals surface area contributed by atoms with Crippen LogP contribution in [0.2, 0.25) is 0 Å². The minimum absolute atomic E-state index is 0.327. The third kappa shape index (κ3) is 3.84. The van der Waals surface area contributed by atoms with Gasteiger partial charge in [0.05, 0.1) is 11.3 Å². The molecule has 0 fully saturated rings. The molecule has 0 radical (unpaired) electrons. The number of amides is 2. The number of rotatable bonds is 5. The van der Waals surface area contributed by atoms with E-state index in [1.807, 2.05) is 5.38 Å². The van der Waals surface area contributed by atoms with E-state index in [1.54, 1.807) is 22.7 Å². The summed E-state index contributed by atoms with van der Waals surface area (Å²) in [6.07, 6.45) is 0.525. The second-order valence-corrected chi connectivity index (χ2v) is 6.81. The maximum absolute atomic E-state index is 13.9. The number of fused-ring (bicyclic) bond motifs is 1. The van der Waals surface area contributed by atoms with Crippen molar-refractivity contribution in [2.45, 2.75) is 6.42 Å². The molecule has 2 amide bonds. The molecule has 0 aliphatic carbocycles. The van der Waals surface area contributed by atoms with E-state index < -0.39 is 0 Å². The topological polar surface area (TPSA) is 71.3 Å². The zero-order chi connectivity index (χ0) is 19.5. The first-order valence-electron chi connectivity index (χ1n) is 8.48. The second kappa shape index (κ2) is 7.73. The predicted molar refractivity (Wildman–Crippen MR) is 103 cm³/mol. The monoisotopic (exact) mass is 399 g/mol. The summed E-state index contributed by atoms with van der Waals surface area (Å²) in [6.45, 7) is 0.369. The molecule has 2 heterocycles. The van der Waals surface area contributed by atoms with E-state index in [0.29, 0.717) is 35.0 Å². The molecule has 9 heteroatoms. The summed E-state index contributed by atoms with van der Waals surface area (Å²) in [5.74, 6) is -0.412. The predicted octanol–water partition coefficient (Wildman–Crippen LogP) is 4.10. The van der Waals surface area contributed by atoms with Gasteiger partial charge < -0.3 is 10.6 Å². The lowest BCUT2D eigenvalue weighted by atomic mass is 10.2. The molecule has 0 spiro atoms. The normalized spacial score (nSPS) is 10.9. The molecule has 2 N–H and O–H groups in total. The van der Waals surface area contributed by atoms with Crippen LogP contribution < -0.4 is 10.6 Å². The maximum Gasteiger partial charge on any atom is 0.319 e. The standard InChI is InChI=1S/C19H15F2N5OS/c20-12-5-7-13(8-6-12)23-18(27)22-10-9-14-11-28-19-24-17(25-26(14)19)15-3-1-2-4-16(15)21/h1-8,11H,9-10H2,(H2,22,23,27). The third-order valence-corrected chi connectivity index (χ3v) is 4.90. The van der Waals surface area contributed by atoms with Gasteiger partial charge in [-0.2, -0.15) is 4.98 Å². The number of carbonyl (C=O) groups excluding carboxylic acids is 1. The van der Waals surface area contributed by atoms with Gasteiger partial charge in [-0.15, -0.1) is 16.4 Å². The molecule has 0 saturated carbocycles. The van der Waals surface area contributed by atoms with Gasteiger partial charge in [-0.3, -0.25) is 0 Å². The first-order chi connectivity index (χ1) is 13.6. The fourth-order valence-corrected chi connectivity index (χ4v) is 3.52. The lowest BCUT2D eigenvalue weighted by molar-refractivity contribution is 0.252. The summed E-state index contributed by atoms with van der Waals surface area (Å²) >= 11 is 1.40. The number of urea groups is 1. The summed E-state index contributed by atoms with van der Waals surface area (Å²) in [7, 11) is 0. The van der Waals surface area contributed by atoms with E-state index in [9.17, 15) is 13.6 Å². The zero-order valence-electron chi connectivity index (χ0n) is 14.5. The number of carbonyl (C=O) groups is 1. The molecular weight excluding hydrogens is 384 g/mol. The fraction of sp³-hybridized carbons (Fsp3) is 0.105. The van der Waals surface area contributed by atoms with Gasteiger partial charge in [-0.1, -0.05) is 12.1 Å². The first kappa shape index (κ1) is 18.1.